The first kappa shape index (κ1) is 39.3. The number of anilines is 1. The van der Waals surface area contributed by atoms with Crippen LogP contribution in [0.1, 0.15) is 54.2 Å². The Morgan fingerprint density at radius 1 is 0.755 bits per heavy atom. The van der Waals surface area contributed by atoms with Crippen molar-refractivity contribution in [2.24, 2.45) is 0 Å². The summed E-state index contributed by atoms with van der Waals surface area (Å²) in [5.74, 6) is -0.331. The Bertz CT molecular complexity index is 1870. The summed E-state index contributed by atoms with van der Waals surface area (Å²) < 4.78 is 5.12. The molecule has 5 aromatic carbocycles. The minimum atomic E-state index is -1.06. The predicted octanol–water partition coefficient (Wildman–Crippen LogP) is 8.81. The second-order valence-corrected chi connectivity index (χ2v) is 15.9. The lowest BCUT2D eigenvalue weighted by atomic mass is 9.84. The van der Waals surface area contributed by atoms with Gasteiger partial charge in [0.25, 0.3) is 5.91 Å². The van der Waals surface area contributed by atoms with E-state index < -0.39 is 34.4 Å². The van der Waals surface area contributed by atoms with Crippen molar-refractivity contribution in [2.75, 3.05) is 29.6 Å². The lowest BCUT2D eigenvalue weighted by Gasteiger charge is -2.37. The highest BCUT2D eigenvalue weighted by Crippen LogP contribution is 2.48. The largest absolute Gasteiger partial charge is 0.480 e. The van der Waals surface area contributed by atoms with Gasteiger partial charge in [0.1, 0.15) is 11.6 Å². The van der Waals surface area contributed by atoms with E-state index in [2.05, 4.69) is 88.7 Å². The summed E-state index contributed by atoms with van der Waals surface area (Å²) in [6.45, 7) is 5.92. The lowest BCUT2D eigenvalue weighted by molar-refractivity contribution is -0.139. The fourth-order valence-corrected chi connectivity index (χ4v) is 8.21. The molecule has 0 bridgehead atoms. The third-order valence-corrected chi connectivity index (χ3v) is 11.0. The van der Waals surface area contributed by atoms with E-state index in [0.717, 1.165) is 27.8 Å². The summed E-state index contributed by atoms with van der Waals surface area (Å²) in [5, 5.41) is 20.5. The monoisotopic (exact) mass is 749 g/mol. The lowest BCUT2D eigenvalue weighted by Crippen LogP contribution is -2.45. The first-order valence-corrected chi connectivity index (χ1v) is 20.0. The fourth-order valence-electron chi connectivity index (χ4n) is 6.18. The van der Waals surface area contributed by atoms with E-state index in [1.165, 1.54) is 11.8 Å². The van der Waals surface area contributed by atoms with Gasteiger partial charge in [-0.15, -0.1) is 11.8 Å². The molecular weight excluding hydrogens is 703 g/mol. The highest BCUT2D eigenvalue weighted by atomic mass is 32.2. The molecule has 10 heteroatoms. The number of aliphatic carboxylic acids is 1. The molecule has 2 atom stereocenters. The molecule has 0 aliphatic heterocycles. The molecular formula is C43H47N3O5S2. The number of alkyl carbamates (subject to hydrolysis) is 1. The number of ether oxygens (including phenoxy) is 1. The van der Waals surface area contributed by atoms with Gasteiger partial charge in [0, 0.05) is 23.5 Å². The van der Waals surface area contributed by atoms with Gasteiger partial charge in [0.15, 0.2) is 0 Å². The van der Waals surface area contributed by atoms with Crippen LogP contribution in [0.2, 0.25) is 0 Å². The zero-order chi connectivity index (χ0) is 37.8. The minimum Gasteiger partial charge on any atom is -0.480 e. The number of hydrogen-bond acceptors (Lipinski definition) is 7. The highest BCUT2D eigenvalue weighted by Gasteiger charge is 2.38. The highest BCUT2D eigenvalue weighted by molar-refractivity contribution is 8.00. The summed E-state index contributed by atoms with van der Waals surface area (Å²) in [6.07, 6.45) is 1.74. The summed E-state index contributed by atoms with van der Waals surface area (Å²) in [4.78, 5) is 38.3. The van der Waals surface area contributed by atoms with Crippen molar-refractivity contribution < 1.29 is 24.2 Å². The van der Waals surface area contributed by atoms with Gasteiger partial charge < -0.3 is 25.8 Å². The fraction of sp³-hybridized carbons (Fsp3) is 0.279. The molecule has 5 aromatic rings. The van der Waals surface area contributed by atoms with Gasteiger partial charge in [-0.05, 0) is 84.9 Å². The zero-order valence-electron chi connectivity index (χ0n) is 30.5. The predicted molar refractivity (Wildman–Crippen MR) is 219 cm³/mol. The standard InChI is InChI=1S/C43H47N3O5S2/c1-42(2,3)51-41(50)45-35(29-53-43(31-16-8-5-9-17-31,32-18-10-6-11-19-32)33-20-12-7-13-21-33)28-44-34-23-24-36-30(27-34)15-14-22-37(36)39(47)46-38(40(48)49)25-26-52-4/h5-24,27,35,38,44H,25-26,28-29H2,1-4H3,(H,45,50)(H,46,47)(H,48,49)/t35-,38+/m1/s1. The smallest absolute Gasteiger partial charge is 0.407 e. The molecule has 0 saturated heterocycles. The van der Waals surface area contributed by atoms with E-state index in [1.54, 1.807) is 23.9 Å². The molecule has 0 heterocycles. The Labute approximate surface area is 320 Å². The summed E-state index contributed by atoms with van der Waals surface area (Å²) in [7, 11) is 0. The number of amides is 2. The van der Waals surface area contributed by atoms with Crippen molar-refractivity contribution >= 4 is 58.0 Å². The number of hydrogen-bond donors (Lipinski definition) is 4. The zero-order valence-corrected chi connectivity index (χ0v) is 32.1. The number of carboxylic acid groups (broad SMARTS) is 1. The van der Waals surface area contributed by atoms with Gasteiger partial charge in [-0.3, -0.25) is 4.79 Å². The number of nitrogens with one attached hydrogen (secondary N) is 3. The first-order valence-electron chi connectivity index (χ1n) is 17.6. The van der Waals surface area contributed by atoms with Crippen LogP contribution in [-0.2, 0) is 14.3 Å². The van der Waals surface area contributed by atoms with Crippen LogP contribution in [0.3, 0.4) is 0 Å². The maximum Gasteiger partial charge on any atom is 0.407 e. The van der Waals surface area contributed by atoms with E-state index in [9.17, 15) is 19.5 Å². The Balaban J connectivity index is 1.42. The summed E-state index contributed by atoms with van der Waals surface area (Å²) in [6, 6.07) is 41.1. The molecule has 4 N–H and O–H groups in total. The van der Waals surface area contributed by atoms with Gasteiger partial charge in [-0.2, -0.15) is 11.8 Å². The number of thioether (sulfide) groups is 2. The van der Waals surface area contributed by atoms with Crippen LogP contribution < -0.4 is 16.0 Å². The van der Waals surface area contributed by atoms with E-state index >= 15 is 0 Å². The molecule has 0 spiro atoms. The SMILES string of the molecule is CSCC[C@H](NC(=O)c1cccc2cc(NC[C@H](CSC(c3ccccc3)(c3ccccc3)c3ccccc3)NC(=O)OC(C)(C)C)ccc12)C(=O)O. The first-order chi connectivity index (χ1) is 25.5. The Hall–Kier alpha value is -4.93. The van der Waals surface area contributed by atoms with Crippen molar-refractivity contribution in [3.8, 4) is 0 Å². The van der Waals surface area contributed by atoms with Crippen molar-refractivity contribution in [1.82, 2.24) is 10.6 Å². The molecule has 8 nitrogen and oxygen atoms in total. The molecule has 0 radical (unpaired) electrons. The molecule has 0 aliphatic rings. The third kappa shape index (κ3) is 10.4. The number of carbonyl (C=O) groups excluding carboxylic acids is 2. The van der Waals surface area contributed by atoms with Gasteiger partial charge in [0.2, 0.25) is 0 Å². The molecule has 2 amide bonds. The van der Waals surface area contributed by atoms with Gasteiger partial charge in [0.05, 0.1) is 10.8 Å². The van der Waals surface area contributed by atoms with Crippen LogP contribution in [0.4, 0.5) is 10.5 Å². The minimum absolute atomic E-state index is 0.334. The van der Waals surface area contributed by atoms with Crippen molar-refractivity contribution in [1.29, 1.82) is 0 Å². The molecule has 0 aromatic heterocycles. The van der Waals surface area contributed by atoms with Crippen LogP contribution in [0.25, 0.3) is 10.8 Å². The van der Waals surface area contributed by atoms with E-state index in [1.807, 2.05) is 69.5 Å². The molecule has 0 unspecified atom stereocenters. The molecule has 53 heavy (non-hydrogen) atoms. The summed E-state index contributed by atoms with van der Waals surface area (Å²) >= 11 is 3.29. The number of carbonyl (C=O) groups is 3. The van der Waals surface area contributed by atoms with Crippen LogP contribution >= 0.6 is 23.5 Å². The second kappa shape index (κ2) is 18.2. The molecule has 0 fully saturated rings. The molecule has 5 rings (SSSR count). The van der Waals surface area contributed by atoms with Crippen LogP contribution in [0.5, 0.6) is 0 Å². The number of fused-ring (bicyclic) bond motifs is 1. The second-order valence-electron chi connectivity index (χ2n) is 13.7. The van der Waals surface area contributed by atoms with E-state index in [4.69, 9.17) is 4.74 Å². The Morgan fingerprint density at radius 3 is 1.87 bits per heavy atom. The summed E-state index contributed by atoms with van der Waals surface area (Å²) in [5.41, 5.74) is 3.92. The maximum atomic E-state index is 13.2. The van der Waals surface area contributed by atoms with Crippen LogP contribution in [-0.4, -0.2) is 65.1 Å². The maximum absolute atomic E-state index is 13.2. The van der Waals surface area contributed by atoms with Crippen LogP contribution in [0.15, 0.2) is 127 Å². The average molecular weight is 750 g/mol. The van der Waals surface area contributed by atoms with Crippen molar-refractivity contribution in [3.05, 3.63) is 150 Å². The van der Waals surface area contributed by atoms with E-state index in [-0.39, 0.29) is 6.04 Å². The number of rotatable bonds is 16. The average Bonchev–Trinajstić information content (AvgIpc) is 3.15. The van der Waals surface area contributed by atoms with Gasteiger partial charge >= 0.3 is 12.1 Å². The molecule has 0 saturated carbocycles. The number of benzene rings is 5. The van der Waals surface area contributed by atoms with E-state index in [0.29, 0.717) is 35.4 Å². The van der Waals surface area contributed by atoms with Crippen molar-refractivity contribution in [2.45, 2.75) is 49.6 Å². The number of carboxylic acids is 1. The Morgan fingerprint density at radius 2 is 1.34 bits per heavy atom. The molecule has 0 aliphatic carbocycles. The van der Waals surface area contributed by atoms with Gasteiger partial charge in [-0.25, -0.2) is 9.59 Å². The van der Waals surface area contributed by atoms with Gasteiger partial charge in [-0.1, -0.05) is 109 Å². The van der Waals surface area contributed by atoms with Crippen molar-refractivity contribution in [3.63, 3.8) is 0 Å². The quantitative estimate of drug-likeness (QED) is 0.0740. The topological polar surface area (TPSA) is 117 Å². The normalized spacial score (nSPS) is 12.8. The molecule has 276 valence electrons. The Kier molecular flexibility index (Phi) is 13.5. The van der Waals surface area contributed by atoms with Crippen LogP contribution in [0, 0.1) is 0 Å². The third-order valence-electron chi connectivity index (χ3n) is 8.65.